The Kier molecular flexibility index (Phi) is 6.14. The number of rotatable bonds is 6. The van der Waals surface area contributed by atoms with Crippen LogP contribution in [-0.2, 0) is 9.53 Å². The number of alkyl halides is 3. The van der Waals surface area contributed by atoms with Crippen molar-refractivity contribution in [1.29, 1.82) is 0 Å². The zero-order valence-electron chi connectivity index (χ0n) is 9.56. The van der Waals surface area contributed by atoms with Crippen LogP contribution in [-0.4, -0.2) is 18.2 Å². The molecule has 0 aliphatic heterocycles. The van der Waals surface area contributed by atoms with Gasteiger partial charge in [-0.05, 0) is 12.8 Å². The van der Waals surface area contributed by atoms with Gasteiger partial charge in [0.2, 0.25) is 0 Å². The van der Waals surface area contributed by atoms with E-state index in [-0.39, 0.29) is 0 Å². The fourth-order valence-corrected chi connectivity index (χ4v) is 1.12. The fraction of sp³-hybridized carbons (Fsp3) is 0.727. The van der Waals surface area contributed by atoms with E-state index in [1.807, 2.05) is 6.92 Å². The maximum Gasteiger partial charge on any atom is 0.422 e. The molecule has 0 amide bonds. The molecule has 16 heavy (non-hydrogen) atoms. The van der Waals surface area contributed by atoms with Gasteiger partial charge in [-0.3, -0.25) is 0 Å². The summed E-state index contributed by atoms with van der Waals surface area (Å²) in [6, 6.07) is 0. The van der Waals surface area contributed by atoms with E-state index in [4.69, 9.17) is 4.74 Å². The average molecular weight is 238 g/mol. The highest BCUT2D eigenvalue weighted by molar-refractivity contribution is 5.89. The summed E-state index contributed by atoms with van der Waals surface area (Å²) in [6.45, 7) is 6.42. The predicted molar refractivity (Wildman–Crippen MR) is 54.9 cm³/mol. The molecule has 0 fully saturated rings. The van der Waals surface area contributed by atoms with Crippen molar-refractivity contribution in [2.75, 3.05) is 0 Å². The van der Waals surface area contributed by atoms with Crippen LogP contribution in [0.4, 0.5) is 13.2 Å². The number of hydrogen-bond donors (Lipinski definition) is 0. The smallest absolute Gasteiger partial charge is 0.422 e. The molecule has 0 aromatic heterocycles. The van der Waals surface area contributed by atoms with Crippen molar-refractivity contribution in [3.05, 3.63) is 12.2 Å². The monoisotopic (exact) mass is 238 g/mol. The number of esters is 1. The van der Waals surface area contributed by atoms with Crippen LogP contribution in [0.1, 0.15) is 39.5 Å². The fourth-order valence-electron chi connectivity index (χ4n) is 1.12. The minimum absolute atomic E-state index is 0.452. The molecule has 0 saturated carbocycles. The third kappa shape index (κ3) is 5.19. The number of ether oxygens (including phenoxy) is 1. The van der Waals surface area contributed by atoms with Crippen LogP contribution < -0.4 is 0 Å². The number of halogens is 3. The van der Waals surface area contributed by atoms with Gasteiger partial charge in [0.05, 0.1) is 0 Å². The lowest BCUT2D eigenvalue weighted by molar-refractivity contribution is -0.155. The van der Waals surface area contributed by atoms with Gasteiger partial charge in [-0.25, -0.2) is 4.79 Å². The molecule has 0 saturated heterocycles. The highest BCUT2D eigenvalue weighted by Crippen LogP contribution is 2.25. The molecule has 0 spiro atoms. The van der Waals surface area contributed by atoms with E-state index in [0.29, 0.717) is 12.8 Å². The maximum atomic E-state index is 12.1. The van der Waals surface area contributed by atoms with Gasteiger partial charge in [-0.15, -0.1) is 0 Å². The SMILES string of the molecule is C=C(C(=O)OC(CC)CCCC)C(F)(F)F. The molecule has 0 radical (unpaired) electrons. The second kappa shape index (κ2) is 6.55. The summed E-state index contributed by atoms with van der Waals surface area (Å²) in [6.07, 6.45) is -2.33. The lowest BCUT2D eigenvalue weighted by Gasteiger charge is -2.17. The molecule has 0 N–H and O–H groups in total. The van der Waals surface area contributed by atoms with Crippen LogP contribution >= 0.6 is 0 Å². The van der Waals surface area contributed by atoms with E-state index < -0.39 is 23.8 Å². The Morgan fingerprint density at radius 3 is 2.31 bits per heavy atom. The minimum atomic E-state index is -4.71. The molecule has 1 atom stereocenters. The Bertz CT molecular complexity index is 246. The second-order valence-corrected chi connectivity index (χ2v) is 3.55. The van der Waals surface area contributed by atoms with Gasteiger partial charge in [0, 0.05) is 0 Å². The van der Waals surface area contributed by atoms with Crippen molar-refractivity contribution in [2.24, 2.45) is 0 Å². The highest BCUT2D eigenvalue weighted by Gasteiger charge is 2.38. The van der Waals surface area contributed by atoms with Crippen LogP contribution in [0, 0.1) is 0 Å². The molecule has 94 valence electrons. The molecule has 0 rings (SSSR count). The molecular weight excluding hydrogens is 221 g/mol. The Morgan fingerprint density at radius 1 is 1.38 bits per heavy atom. The molecule has 1 unspecified atom stereocenters. The Balaban J connectivity index is 4.25. The first-order valence-electron chi connectivity index (χ1n) is 5.30. The Morgan fingerprint density at radius 2 is 1.94 bits per heavy atom. The molecule has 0 aliphatic carbocycles. The van der Waals surface area contributed by atoms with Crippen molar-refractivity contribution >= 4 is 5.97 Å². The van der Waals surface area contributed by atoms with Gasteiger partial charge in [0.1, 0.15) is 11.7 Å². The van der Waals surface area contributed by atoms with Gasteiger partial charge in [-0.1, -0.05) is 33.3 Å². The third-order valence-corrected chi connectivity index (χ3v) is 2.20. The quantitative estimate of drug-likeness (QED) is 0.522. The van der Waals surface area contributed by atoms with Gasteiger partial charge in [0.25, 0.3) is 0 Å². The summed E-state index contributed by atoms with van der Waals surface area (Å²) in [5, 5.41) is 0. The van der Waals surface area contributed by atoms with Gasteiger partial charge < -0.3 is 4.74 Å². The Labute approximate surface area is 93.5 Å². The van der Waals surface area contributed by atoms with E-state index in [9.17, 15) is 18.0 Å². The van der Waals surface area contributed by atoms with Crippen molar-refractivity contribution in [2.45, 2.75) is 51.8 Å². The standard InChI is InChI=1S/C11H17F3O2/c1-4-6-7-9(5-2)16-10(15)8(3)11(12,13)14/h9H,3-7H2,1-2H3. The van der Waals surface area contributed by atoms with Crippen LogP contribution in [0.2, 0.25) is 0 Å². The summed E-state index contributed by atoms with van der Waals surface area (Å²) in [5.74, 6) is -1.37. The number of unbranched alkanes of at least 4 members (excludes halogenated alkanes) is 1. The van der Waals surface area contributed by atoms with Gasteiger partial charge >= 0.3 is 12.1 Å². The second-order valence-electron chi connectivity index (χ2n) is 3.55. The van der Waals surface area contributed by atoms with Crippen LogP contribution in [0.15, 0.2) is 12.2 Å². The zero-order valence-corrected chi connectivity index (χ0v) is 9.56. The van der Waals surface area contributed by atoms with Crippen molar-refractivity contribution < 1.29 is 22.7 Å². The number of carbonyl (C=O) groups is 1. The molecule has 0 bridgehead atoms. The van der Waals surface area contributed by atoms with E-state index in [1.54, 1.807) is 6.92 Å². The summed E-state index contributed by atoms with van der Waals surface area (Å²) in [5.41, 5.74) is -1.44. The van der Waals surface area contributed by atoms with Crippen LogP contribution in [0.3, 0.4) is 0 Å². The summed E-state index contributed by atoms with van der Waals surface area (Å²) >= 11 is 0. The van der Waals surface area contributed by atoms with Crippen molar-refractivity contribution in [1.82, 2.24) is 0 Å². The van der Waals surface area contributed by atoms with E-state index in [0.717, 1.165) is 12.8 Å². The van der Waals surface area contributed by atoms with Crippen LogP contribution in [0.5, 0.6) is 0 Å². The molecule has 2 nitrogen and oxygen atoms in total. The van der Waals surface area contributed by atoms with Gasteiger partial charge in [-0.2, -0.15) is 13.2 Å². The first-order valence-corrected chi connectivity index (χ1v) is 5.30. The first kappa shape index (κ1) is 15.0. The lowest BCUT2D eigenvalue weighted by Crippen LogP contribution is -2.25. The Hall–Kier alpha value is -1.00. The van der Waals surface area contributed by atoms with E-state index in [2.05, 4.69) is 6.58 Å². The molecule has 0 aromatic rings. The average Bonchev–Trinajstić information content (AvgIpc) is 2.21. The van der Waals surface area contributed by atoms with Crippen molar-refractivity contribution in [3.8, 4) is 0 Å². The molecule has 5 heteroatoms. The lowest BCUT2D eigenvalue weighted by atomic mass is 10.1. The highest BCUT2D eigenvalue weighted by atomic mass is 19.4. The summed E-state index contributed by atoms with van der Waals surface area (Å²) in [7, 11) is 0. The minimum Gasteiger partial charge on any atom is -0.459 e. The number of hydrogen-bond acceptors (Lipinski definition) is 2. The topological polar surface area (TPSA) is 26.3 Å². The zero-order chi connectivity index (χ0) is 12.8. The maximum absolute atomic E-state index is 12.1. The molecular formula is C11H17F3O2. The van der Waals surface area contributed by atoms with E-state index >= 15 is 0 Å². The predicted octanol–water partition coefficient (Wildman–Crippen LogP) is 3.62. The first-order chi connectivity index (χ1) is 7.32. The molecule has 0 aromatic carbocycles. The third-order valence-electron chi connectivity index (χ3n) is 2.20. The molecule has 0 aliphatic rings. The van der Waals surface area contributed by atoms with Crippen molar-refractivity contribution in [3.63, 3.8) is 0 Å². The largest absolute Gasteiger partial charge is 0.459 e. The summed E-state index contributed by atoms with van der Waals surface area (Å²) < 4.78 is 41.0. The summed E-state index contributed by atoms with van der Waals surface area (Å²) in [4.78, 5) is 11.1. The van der Waals surface area contributed by atoms with Gasteiger partial charge in [0.15, 0.2) is 0 Å². The molecule has 0 heterocycles. The normalized spacial score (nSPS) is 13.3. The van der Waals surface area contributed by atoms with E-state index in [1.165, 1.54) is 0 Å². The number of carbonyl (C=O) groups excluding carboxylic acids is 1. The van der Waals surface area contributed by atoms with Crippen LogP contribution in [0.25, 0.3) is 0 Å².